The molecule has 1 unspecified atom stereocenters. The molecule has 154 valence electrons. The highest BCUT2D eigenvalue weighted by Crippen LogP contribution is 2.32. The van der Waals surface area contributed by atoms with E-state index >= 15 is 0 Å². The van der Waals surface area contributed by atoms with Crippen molar-refractivity contribution in [3.8, 4) is 23.8 Å². The molecule has 1 N–H and O–H groups in total. The van der Waals surface area contributed by atoms with Crippen LogP contribution in [-0.2, 0) is 20.9 Å². The number of carbonyl (C=O) groups excluding carboxylic acids is 1. The normalized spacial score (nSPS) is 12.5. The van der Waals surface area contributed by atoms with Crippen LogP contribution in [0.4, 0.5) is 0 Å². The van der Waals surface area contributed by atoms with E-state index in [0.29, 0.717) is 41.7 Å². The molecule has 2 aromatic rings. The Kier molecular flexibility index (Phi) is 8.71. The molecule has 0 fully saturated rings. The van der Waals surface area contributed by atoms with Gasteiger partial charge in [-0.15, -0.1) is 19.1 Å². The van der Waals surface area contributed by atoms with Crippen LogP contribution in [0.2, 0.25) is 5.02 Å². The van der Waals surface area contributed by atoms with Crippen molar-refractivity contribution in [3.05, 3.63) is 58.6 Å². The summed E-state index contributed by atoms with van der Waals surface area (Å²) in [6.45, 7) is 2.70. The molecule has 0 aliphatic heterocycles. The lowest BCUT2D eigenvalue weighted by molar-refractivity contribution is -0.136. The van der Waals surface area contributed by atoms with Crippen molar-refractivity contribution in [2.45, 2.75) is 18.3 Å². The summed E-state index contributed by atoms with van der Waals surface area (Å²) in [5, 5.41) is 3.46. The van der Waals surface area contributed by atoms with Crippen molar-refractivity contribution in [2.24, 2.45) is 0 Å². The van der Waals surface area contributed by atoms with Crippen molar-refractivity contribution in [1.29, 1.82) is 0 Å². The largest absolute Gasteiger partial charge is 0.493 e. The molecule has 0 radical (unpaired) electrons. The van der Waals surface area contributed by atoms with Gasteiger partial charge in [-0.3, -0.25) is 4.79 Å². The van der Waals surface area contributed by atoms with Crippen molar-refractivity contribution in [1.82, 2.24) is 5.32 Å². The number of methoxy groups -OCH3 is 1. The molecule has 0 aliphatic rings. The molecule has 1 amide bonds. The first-order valence-electron chi connectivity index (χ1n) is 9.08. The summed E-state index contributed by atoms with van der Waals surface area (Å²) in [7, 11) is 1.56. The third-order valence-corrected chi connectivity index (χ3v) is 4.98. The number of hydrogen-bond donors (Lipinski definition) is 2. The average molecular weight is 434 g/mol. The van der Waals surface area contributed by atoms with E-state index in [4.69, 9.17) is 32.2 Å². The number of nitrogens with one attached hydrogen (secondary N) is 1. The maximum atomic E-state index is 12.8. The van der Waals surface area contributed by atoms with Gasteiger partial charge in [0.1, 0.15) is 6.61 Å². The second kappa shape index (κ2) is 11.0. The number of thiol groups is 1. The molecule has 0 saturated heterocycles. The molecule has 7 heteroatoms. The van der Waals surface area contributed by atoms with Crippen LogP contribution in [0.5, 0.6) is 11.5 Å². The first-order valence-corrected chi connectivity index (χ1v) is 9.91. The zero-order valence-corrected chi connectivity index (χ0v) is 18.1. The van der Waals surface area contributed by atoms with Gasteiger partial charge in [-0.2, -0.15) is 0 Å². The number of carbonyl (C=O) groups is 1. The van der Waals surface area contributed by atoms with Gasteiger partial charge in [-0.25, -0.2) is 0 Å². The van der Waals surface area contributed by atoms with Crippen LogP contribution in [0.25, 0.3) is 0 Å². The molecule has 0 aliphatic carbocycles. The van der Waals surface area contributed by atoms with Crippen LogP contribution in [0.3, 0.4) is 0 Å². The topological polar surface area (TPSA) is 56.8 Å². The third kappa shape index (κ3) is 6.07. The summed E-state index contributed by atoms with van der Waals surface area (Å²) in [6, 6.07) is 12.4. The summed E-state index contributed by atoms with van der Waals surface area (Å²) < 4.78 is 16.4. The van der Waals surface area contributed by atoms with Crippen molar-refractivity contribution in [2.75, 3.05) is 26.9 Å². The molecule has 5 nitrogen and oxygen atoms in total. The van der Waals surface area contributed by atoms with Gasteiger partial charge in [0, 0.05) is 23.7 Å². The van der Waals surface area contributed by atoms with Crippen LogP contribution in [0.1, 0.15) is 18.1 Å². The number of halogens is 1. The second-order valence-corrected chi connectivity index (χ2v) is 7.13. The zero-order chi connectivity index (χ0) is 21.3. The molecule has 0 spiro atoms. The molecule has 2 rings (SSSR count). The van der Waals surface area contributed by atoms with Crippen LogP contribution < -0.4 is 14.8 Å². The molecule has 0 aromatic heterocycles. The number of hydrogen-bond acceptors (Lipinski definition) is 5. The highest BCUT2D eigenvalue weighted by Gasteiger charge is 2.37. The standard InChI is InChI=1S/C22H24ClNO4S/c1-4-14-27-19-11-6-16(15-20(19)26-3)12-13-24-21(25)22(29,28-5-2)17-7-9-18(23)10-8-17/h1,6-11,15,29H,5,12-14H2,2-3H3,(H,24,25). The quantitative estimate of drug-likeness (QED) is 0.339. The maximum Gasteiger partial charge on any atom is 0.267 e. The van der Waals surface area contributed by atoms with Gasteiger partial charge in [-0.1, -0.05) is 35.7 Å². The first kappa shape index (κ1) is 23.0. The summed E-state index contributed by atoms with van der Waals surface area (Å²) in [6.07, 6.45) is 5.81. The maximum absolute atomic E-state index is 12.8. The van der Waals surface area contributed by atoms with Crippen LogP contribution in [0.15, 0.2) is 42.5 Å². The summed E-state index contributed by atoms with van der Waals surface area (Å²) in [5.74, 6) is 3.24. The van der Waals surface area contributed by atoms with E-state index in [-0.39, 0.29) is 12.5 Å². The van der Waals surface area contributed by atoms with Gasteiger partial charge >= 0.3 is 0 Å². The Balaban J connectivity index is 2.03. The van der Waals surface area contributed by atoms with E-state index in [1.165, 1.54) is 0 Å². The lowest BCUT2D eigenvalue weighted by Gasteiger charge is -2.27. The van der Waals surface area contributed by atoms with Crippen LogP contribution >= 0.6 is 24.2 Å². The second-order valence-electron chi connectivity index (χ2n) is 6.07. The fourth-order valence-corrected chi connectivity index (χ4v) is 3.19. The molecule has 0 bridgehead atoms. The Morgan fingerprint density at radius 3 is 2.59 bits per heavy atom. The van der Waals surface area contributed by atoms with E-state index in [1.54, 1.807) is 37.4 Å². The van der Waals surface area contributed by atoms with Crippen LogP contribution in [-0.4, -0.2) is 32.8 Å². The van der Waals surface area contributed by atoms with Crippen LogP contribution in [0, 0.1) is 12.3 Å². The Morgan fingerprint density at radius 2 is 1.97 bits per heavy atom. The molecule has 2 aromatic carbocycles. The molecular formula is C22H24ClNO4S. The van der Waals surface area contributed by atoms with E-state index in [1.807, 2.05) is 19.1 Å². The fraction of sp³-hybridized carbons (Fsp3) is 0.318. The van der Waals surface area contributed by atoms with Crippen molar-refractivity contribution < 1.29 is 19.0 Å². The van der Waals surface area contributed by atoms with E-state index in [2.05, 4.69) is 23.9 Å². The zero-order valence-electron chi connectivity index (χ0n) is 16.4. The first-order chi connectivity index (χ1) is 13.9. The Labute approximate surface area is 182 Å². The van der Waals surface area contributed by atoms with E-state index in [0.717, 1.165) is 5.56 Å². The van der Waals surface area contributed by atoms with Gasteiger partial charge < -0.3 is 19.5 Å². The fourth-order valence-electron chi connectivity index (χ4n) is 2.71. The highest BCUT2D eigenvalue weighted by molar-refractivity contribution is 7.82. The molecule has 0 saturated carbocycles. The minimum atomic E-state index is -1.40. The predicted octanol–water partition coefficient (Wildman–Crippen LogP) is 3.84. The van der Waals surface area contributed by atoms with E-state index < -0.39 is 4.93 Å². The van der Waals surface area contributed by atoms with Gasteiger partial charge in [-0.05, 0) is 43.2 Å². The van der Waals surface area contributed by atoms with Crippen molar-refractivity contribution in [3.63, 3.8) is 0 Å². The molecule has 1 atom stereocenters. The minimum absolute atomic E-state index is 0.165. The van der Waals surface area contributed by atoms with Gasteiger partial charge in [0.05, 0.1) is 7.11 Å². The SMILES string of the molecule is C#CCOc1ccc(CCNC(=O)C(S)(OCC)c2ccc(Cl)cc2)cc1OC. The molecule has 29 heavy (non-hydrogen) atoms. The molecular weight excluding hydrogens is 410 g/mol. The lowest BCUT2D eigenvalue weighted by Crippen LogP contribution is -2.43. The monoisotopic (exact) mass is 433 g/mol. The summed E-state index contributed by atoms with van der Waals surface area (Å²) in [4.78, 5) is 11.4. The predicted molar refractivity (Wildman–Crippen MR) is 118 cm³/mol. The average Bonchev–Trinajstić information content (AvgIpc) is 2.73. The number of benzene rings is 2. The number of terminal acetylenes is 1. The van der Waals surface area contributed by atoms with Gasteiger partial charge in [0.25, 0.3) is 5.91 Å². The third-order valence-electron chi connectivity index (χ3n) is 4.13. The van der Waals surface area contributed by atoms with Gasteiger partial charge in [0.15, 0.2) is 11.5 Å². The smallest absolute Gasteiger partial charge is 0.267 e. The molecule has 0 heterocycles. The lowest BCUT2D eigenvalue weighted by atomic mass is 10.1. The Bertz CT molecular complexity index is 866. The highest BCUT2D eigenvalue weighted by atomic mass is 35.5. The summed E-state index contributed by atoms with van der Waals surface area (Å²) >= 11 is 10.5. The van der Waals surface area contributed by atoms with Crippen molar-refractivity contribution >= 4 is 30.1 Å². The van der Waals surface area contributed by atoms with Gasteiger partial charge in [0.2, 0.25) is 4.93 Å². The number of ether oxygens (including phenoxy) is 3. The Hall–Kier alpha value is -2.33. The Morgan fingerprint density at radius 1 is 1.24 bits per heavy atom. The van der Waals surface area contributed by atoms with E-state index in [9.17, 15) is 4.79 Å². The minimum Gasteiger partial charge on any atom is -0.493 e. The number of amides is 1. The number of rotatable bonds is 10. The summed E-state index contributed by atoms with van der Waals surface area (Å²) in [5.41, 5.74) is 1.59.